The molecule has 3 aromatic rings. The summed E-state index contributed by atoms with van der Waals surface area (Å²) in [4.78, 5) is 20.7. The highest BCUT2D eigenvalue weighted by molar-refractivity contribution is 7.09. The van der Waals surface area contributed by atoms with Crippen molar-refractivity contribution >= 4 is 40.8 Å². The molecule has 134 valence electrons. The van der Waals surface area contributed by atoms with Gasteiger partial charge in [-0.2, -0.15) is 0 Å². The molecule has 0 saturated carbocycles. The molecule has 1 aromatic heterocycles. The Morgan fingerprint density at radius 1 is 1.00 bits per heavy atom. The molecule has 1 amide bonds. The first-order valence-corrected chi connectivity index (χ1v) is 9.93. The molecule has 2 heterocycles. The molecule has 4 rings (SSSR count). The fourth-order valence-corrected chi connectivity index (χ4v) is 3.87. The van der Waals surface area contributed by atoms with Crippen molar-refractivity contribution in [3.8, 4) is 0 Å². The van der Waals surface area contributed by atoms with E-state index in [-0.39, 0.29) is 5.91 Å². The van der Waals surface area contributed by atoms with Gasteiger partial charge in [-0.1, -0.05) is 66.2 Å². The van der Waals surface area contributed by atoms with Gasteiger partial charge in [-0.05, 0) is 35.6 Å². The maximum absolute atomic E-state index is 13.1. The lowest BCUT2D eigenvalue weighted by molar-refractivity contribution is -0.122. The number of halogens is 1. The molecule has 0 radical (unpaired) electrons. The summed E-state index contributed by atoms with van der Waals surface area (Å²) in [6, 6.07) is 21.4. The highest BCUT2D eigenvalue weighted by Crippen LogP contribution is 2.25. The fourth-order valence-electron chi connectivity index (χ4n) is 2.98. The zero-order chi connectivity index (χ0) is 18.6. The van der Waals surface area contributed by atoms with Gasteiger partial charge in [0.2, 0.25) is 0 Å². The van der Waals surface area contributed by atoms with E-state index in [1.54, 1.807) is 22.3 Å². The molecule has 2 aromatic carbocycles. The Morgan fingerprint density at radius 2 is 1.78 bits per heavy atom. The quantitative estimate of drug-likeness (QED) is 0.544. The van der Waals surface area contributed by atoms with Crippen LogP contribution in [-0.2, 0) is 11.2 Å². The van der Waals surface area contributed by atoms with Gasteiger partial charge in [0.25, 0.3) is 5.91 Å². The standard InChI is InChI=1S/C22H17ClN2OS/c23-19-11-5-4-9-17(19)15-20-22(26)25(13-12-18-10-6-14-27-18)21(24-20)16-7-2-1-3-8-16/h1-11,14-15H,12-13H2/b20-15+. The first-order chi connectivity index (χ1) is 13.2. The number of aliphatic imine (C=N–C) groups is 1. The monoisotopic (exact) mass is 392 g/mol. The summed E-state index contributed by atoms with van der Waals surface area (Å²) in [6.45, 7) is 0.590. The minimum absolute atomic E-state index is 0.0923. The minimum Gasteiger partial charge on any atom is -0.290 e. The van der Waals surface area contributed by atoms with E-state index >= 15 is 0 Å². The van der Waals surface area contributed by atoms with E-state index in [1.165, 1.54) is 4.88 Å². The van der Waals surface area contributed by atoms with Crippen LogP contribution in [0.4, 0.5) is 0 Å². The van der Waals surface area contributed by atoms with E-state index in [9.17, 15) is 4.79 Å². The van der Waals surface area contributed by atoms with Crippen LogP contribution in [0.1, 0.15) is 16.0 Å². The normalized spacial score (nSPS) is 15.4. The van der Waals surface area contributed by atoms with E-state index in [2.05, 4.69) is 16.4 Å². The number of hydrogen-bond donors (Lipinski definition) is 0. The van der Waals surface area contributed by atoms with E-state index in [1.807, 2.05) is 60.7 Å². The zero-order valence-corrected chi connectivity index (χ0v) is 16.1. The molecule has 5 heteroatoms. The molecule has 0 fully saturated rings. The first-order valence-electron chi connectivity index (χ1n) is 8.67. The summed E-state index contributed by atoms with van der Waals surface area (Å²) in [5.41, 5.74) is 2.13. The third-order valence-electron chi connectivity index (χ3n) is 4.34. The SMILES string of the molecule is O=C1/C(=C\c2ccccc2Cl)N=C(c2ccccc2)N1CCc1cccs1. The van der Waals surface area contributed by atoms with Crippen molar-refractivity contribution in [1.29, 1.82) is 0 Å². The predicted octanol–water partition coefficient (Wildman–Crippen LogP) is 5.27. The maximum atomic E-state index is 13.1. The first kappa shape index (κ1) is 17.7. The second-order valence-electron chi connectivity index (χ2n) is 6.14. The molecular weight excluding hydrogens is 376 g/mol. The Bertz CT molecular complexity index is 1010. The van der Waals surface area contributed by atoms with Crippen LogP contribution in [0.25, 0.3) is 6.08 Å². The molecule has 0 aliphatic carbocycles. The topological polar surface area (TPSA) is 32.7 Å². The van der Waals surface area contributed by atoms with Crippen molar-refractivity contribution in [2.75, 3.05) is 6.54 Å². The lowest BCUT2D eigenvalue weighted by Gasteiger charge is -2.18. The third kappa shape index (κ3) is 3.87. The van der Waals surface area contributed by atoms with Crippen LogP contribution >= 0.6 is 22.9 Å². The average Bonchev–Trinajstić information content (AvgIpc) is 3.31. The van der Waals surface area contributed by atoms with Crippen LogP contribution in [0.3, 0.4) is 0 Å². The number of carbonyl (C=O) groups excluding carboxylic acids is 1. The second kappa shape index (κ2) is 7.91. The summed E-state index contributed by atoms with van der Waals surface area (Å²) in [6.07, 6.45) is 2.56. The van der Waals surface area contributed by atoms with Crippen molar-refractivity contribution in [3.05, 3.63) is 98.8 Å². The maximum Gasteiger partial charge on any atom is 0.278 e. The van der Waals surface area contributed by atoms with Gasteiger partial charge in [0.05, 0.1) is 0 Å². The number of amides is 1. The molecule has 0 atom stereocenters. The van der Waals surface area contributed by atoms with Gasteiger partial charge in [0.15, 0.2) is 0 Å². The number of hydrogen-bond acceptors (Lipinski definition) is 3. The summed E-state index contributed by atoms with van der Waals surface area (Å²) in [5.74, 6) is 0.598. The fraction of sp³-hybridized carbons (Fsp3) is 0.0909. The van der Waals surface area contributed by atoms with E-state index in [0.717, 1.165) is 17.5 Å². The number of benzene rings is 2. The number of amidine groups is 1. The van der Waals surface area contributed by atoms with Crippen molar-refractivity contribution < 1.29 is 4.79 Å². The van der Waals surface area contributed by atoms with Crippen molar-refractivity contribution in [2.45, 2.75) is 6.42 Å². The van der Waals surface area contributed by atoms with Gasteiger partial charge in [-0.15, -0.1) is 11.3 Å². The summed E-state index contributed by atoms with van der Waals surface area (Å²) in [5, 5.41) is 2.65. The van der Waals surface area contributed by atoms with Gasteiger partial charge in [0.1, 0.15) is 11.5 Å². The van der Waals surface area contributed by atoms with Gasteiger partial charge in [-0.3, -0.25) is 9.69 Å². The third-order valence-corrected chi connectivity index (χ3v) is 5.62. The van der Waals surface area contributed by atoms with Gasteiger partial charge < -0.3 is 0 Å². The Kier molecular flexibility index (Phi) is 5.19. The van der Waals surface area contributed by atoms with E-state index in [4.69, 9.17) is 11.6 Å². The summed E-state index contributed by atoms with van der Waals surface area (Å²) < 4.78 is 0. The van der Waals surface area contributed by atoms with Crippen molar-refractivity contribution in [2.24, 2.45) is 4.99 Å². The highest BCUT2D eigenvalue weighted by atomic mass is 35.5. The molecule has 1 aliphatic heterocycles. The minimum atomic E-state index is -0.0923. The molecule has 1 aliphatic rings. The molecule has 0 unspecified atom stereocenters. The molecule has 0 bridgehead atoms. The van der Waals surface area contributed by atoms with Gasteiger partial charge in [-0.25, -0.2) is 4.99 Å². The summed E-state index contributed by atoms with van der Waals surface area (Å²) in [7, 11) is 0. The average molecular weight is 393 g/mol. The van der Waals surface area contributed by atoms with Gasteiger partial charge in [0, 0.05) is 22.0 Å². The Morgan fingerprint density at radius 3 is 2.52 bits per heavy atom. The van der Waals surface area contributed by atoms with Crippen LogP contribution in [0.5, 0.6) is 0 Å². The van der Waals surface area contributed by atoms with Crippen molar-refractivity contribution in [3.63, 3.8) is 0 Å². The molecule has 0 spiro atoms. The summed E-state index contributed by atoms with van der Waals surface area (Å²) >= 11 is 7.95. The van der Waals surface area contributed by atoms with Crippen LogP contribution in [-0.4, -0.2) is 23.2 Å². The largest absolute Gasteiger partial charge is 0.290 e. The van der Waals surface area contributed by atoms with Gasteiger partial charge >= 0.3 is 0 Å². The smallest absolute Gasteiger partial charge is 0.278 e. The predicted molar refractivity (Wildman–Crippen MR) is 112 cm³/mol. The molecule has 3 nitrogen and oxygen atoms in total. The van der Waals surface area contributed by atoms with Crippen LogP contribution in [0, 0.1) is 0 Å². The van der Waals surface area contributed by atoms with Crippen LogP contribution < -0.4 is 0 Å². The van der Waals surface area contributed by atoms with E-state index in [0.29, 0.717) is 23.1 Å². The molecule has 27 heavy (non-hydrogen) atoms. The molecule has 0 N–H and O–H groups in total. The number of nitrogens with zero attached hydrogens (tertiary/aromatic N) is 2. The number of rotatable bonds is 5. The lowest BCUT2D eigenvalue weighted by atomic mass is 10.2. The van der Waals surface area contributed by atoms with Crippen LogP contribution in [0.2, 0.25) is 5.02 Å². The Labute approximate surface area is 167 Å². The second-order valence-corrected chi connectivity index (χ2v) is 7.58. The number of thiophene rings is 1. The Hall–Kier alpha value is -2.69. The lowest BCUT2D eigenvalue weighted by Crippen LogP contribution is -2.34. The van der Waals surface area contributed by atoms with E-state index < -0.39 is 0 Å². The molecule has 0 saturated heterocycles. The number of carbonyl (C=O) groups is 1. The van der Waals surface area contributed by atoms with Crippen LogP contribution in [0.15, 0.2) is 82.8 Å². The highest BCUT2D eigenvalue weighted by Gasteiger charge is 2.30. The zero-order valence-electron chi connectivity index (χ0n) is 14.5. The Balaban J connectivity index is 1.68. The molecular formula is C22H17ClN2OS. The van der Waals surface area contributed by atoms with Crippen molar-refractivity contribution in [1.82, 2.24) is 4.90 Å².